The maximum atomic E-state index is 12.7. The molecule has 1 aromatic heterocycles. The molecule has 0 aromatic carbocycles. The van der Waals surface area contributed by atoms with Crippen LogP contribution in [0.3, 0.4) is 0 Å². The van der Waals surface area contributed by atoms with Gasteiger partial charge >= 0.3 is 5.97 Å². The third-order valence-electron chi connectivity index (χ3n) is 5.05. The van der Waals surface area contributed by atoms with E-state index in [1.54, 1.807) is 6.08 Å². The zero-order chi connectivity index (χ0) is 17.6. The number of amides is 1. The molecule has 0 saturated heterocycles. The minimum Gasteiger partial charge on any atom is -0.465 e. The Kier molecular flexibility index (Phi) is 4.71. The number of esters is 1. The molecule has 3 rings (SSSR count). The second kappa shape index (κ2) is 6.36. The number of nitrogens with one attached hydrogen (secondary N) is 1. The van der Waals surface area contributed by atoms with Gasteiger partial charge in [-0.05, 0) is 42.2 Å². The summed E-state index contributed by atoms with van der Waals surface area (Å²) in [5, 5.41) is 3.54. The molecule has 1 saturated carbocycles. The molecular formula is C17H19Cl2NO3S. The first kappa shape index (κ1) is 17.8. The van der Waals surface area contributed by atoms with E-state index in [-0.39, 0.29) is 33.6 Å². The molecule has 2 aliphatic rings. The van der Waals surface area contributed by atoms with Crippen LogP contribution in [0, 0.1) is 17.3 Å². The Morgan fingerprint density at radius 3 is 2.67 bits per heavy atom. The Bertz CT molecular complexity index is 734. The number of halogens is 2. The first-order valence-electron chi connectivity index (χ1n) is 7.84. The van der Waals surface area contributed by atoms with Crippen molar-refractivity contribution in [3.8, 4) is 0 Å². The summed E-state index contributed by atoms with van der Waals surface area (Å²) in [5.41, 5.74) is 1.34. The average molecular weight is 388 g/mol. The van der Waals surface area contributed by atoms with Gasteiger partial charge in [0.25, 0.3) is 0 Å². The average Bonchev–Trinajstić information content (AvgIpc) is 2.84. The van der Waals surface area contributed by atoms with Crippen LogP contribution in [0.5, 0.6) is 0 Å². The minimum absolute atomic E-state index is 0.00381. The van der Waals surface area contributed by atoms with Crippen LogP contribution < -0.4 is 5.32 Å². The highest BCUT2D eigenvalue weighted by Gasteiger charge is 2.60. The van der Waals surface area contributed by atoms with Crippen molar-refractivity contribution in [2.24, 2.45) is 17.3 Å². The third-order valence-corrected chi connectivity index (χ3v) is 6.51. The van der Waals surface area contributed by atoms with Gasteiger partial charge in [0.05, 0.1) is 18.6 Å². The predicted molar refractivity (Wildman–Crippen MR) is 96.9 cm³/mol. The summed E-state index contributed by atoms with van der Waals surface area (Å²) in [7, 11) is 1.36. The third kappa shape index (κ3) is 2.98. The van der Waals surface area contributed by atoms with Gasteiger partial charge in [-0.3, -0.25) is 4.79 Å². The number of anilines is 1. The molecule has 2 aliphatic carbocycles. The van der Waals surface area contributed by atoms with Gasteiger partial charge in [-0.15, -0.1) is 11.3 Å². The fourth-order valence-electron chi connectivity index (χ4n) is 3.63. The normalized spacial score (nSPS) is 23.4. The number of aryl methyl sites for hydroxylation is 1. The van der Waals surface area contributed by atoms with Gasteiger partial charge in [-0.1, -0.05) is 37.0 Å². The Morgan fingerprint density at radius 1 is 1.33 bits per heavy atom. The van der Waals surface area contributed by atoms with Crippen LogP contribution in [0.15, 0.2) is 10.6 Å². The molecule has 0 unspecified atom stereocenters. The van der Waals surface area contributed by atoms with Gasteiger partial charge in [0.15, 0.2) is 0 Å². The first-order valence-corrected chi connectivity index (χ1v) is 9.41. The van der Waals surface area contributed by atoms with Crippen molar-refractivity contribution in [1.82, 2.24) is 0 Å². The van der Waals surface area contributed by atoms with Crippen LogP contribution in [0.1, 0.15) is 41.1 Å². The number of fused-ring (bicyclic) bond motifs is 1. The van der Waals surface area contributed by atoms with E-state index in [2.05, 4.69) is 5.32 Å². The van der Waals surface area contributed by atoms with E-state index in [0.717, 1.165) is 24.8 Å². The van der Waals surface area contributed by atoms with E-state index in [1.807, 2.05) is 13.8 Å². The van der Waals surface area contributed by atoms with Gasteiger partial charge < -0.3 is 10.1 Å². The van der Waals surface area contributed by atoms with E-state index < -0.39 is 0 Å². The summed E-state index contributed by atoms with van der Waals surface area (Å²) in [6, 6.07) is 0. The van der Waals surface area contributed by atoms with Gasteiger partial charge in [-0.25, -0.2) is 4.79 Å². The predicted octanol–water partition coefficient (Wildman–Crippen LogP) is 4.55. The molecule has 0 radical (unpaired) electrons. The van der Waals surface area contributed by atoms with E-state index in [4.69, 9.17) is 27.9 Å². The fourth-order valence-corrected chi connectivity index (χ4v) is 5.18. The lowest BCUT2D eigenvalue weighted by atomic mass is 10.1. The molecule has 1 amide bonds. The van der Waals surface area contributed by atoms with Crippen LogP contribution in [0.25, 0.3) is 0 Å². The number of ether oxygens (including phenoxy) is 1. The molecule has 4 nitrogen and oxygen atoms in total. The van der Waals surface area contributed by atoms with Crippen molar-refractivity contribution in [2.45, 2.75) is 33.1 Å². The van der Waals surface area contributed by atoms with Crippen LogP contribution in [-0.4, -0.2) is 19.0 Å². The summed E-state index contributed by atoms with van der Waals surface area (Å²) in [6.07, 6.45) is 4.55. The lowest BCUT2D eigenvalue weighted by molar-refractivity contribution is -0.118. The fraction of sp³-hybridized carbons (Fsp3) is 0.529. The molecule has 1 heterocycles. The van der Waals surface area contributed by atoms with E-state index in [0.29, 0.717) is 10.6 Å². The van der Waals surface area contributed by atoms with E-state index in [1.165, 1.54) is 23.3 Å². The Labute approximate surface area is 155 Å². The summed E-state index contributed by atoms with van der Waals surface area (Å²) in [5.74, 6) is -0.718. The number of thiophene rings is 1. The zero-order valence-corrected chi connectivity index (χ0v) is 16.1. The molecule has 1 fully saturated rings. The molecule has 7 heteroatoms. The molecular weight excluding hydrogens is 369 g/mol. The zero-order valence-electron chi connectivity index (χ0n) is 13.7. The number of carbonyl (C=O) groups excluding carboxylic acids is 2. The van der Waals surface area contributed by atoms with Crippen molar-refractivity contribution >= 4 is 51.4 Å². The van der Waals surface area contributed by atoms with Crippen molar-refractivity contribution in [3.63, 3.8) is 0 Å². The molecule has 0 spiro atoms. The molecule has 2 atom stereocenters. The highest BCUT2D eigenvalue weighted by molar-refractivity contribution is 7.17. The van der Waals surface area contributed by atoms with Crippen molar-refractivity contribution < 1.29 is 14.3 Å². The maximum absolute atomic E-state index is 12.7. The number of carbonyl (C=O) groups is 2. The summed E-state index contributed by atoms with van der Waals surface area (Å²) in [4.78, 5) is 26.0. The van der Waals surface area contributed by atoms with Crippen molar-refractivity contribution in [2.75, 3.05) is 12.4 Å². The Hall–Kier alpha value is -1.04. The standard InChI is InChI=1S/C17H19Cl2NO3S/c1-17(2)9(7-11(18)19)13(17)14(21)20-15-12(16(22)23-3)8-5-4-6-10(8)24-15/h7,9,13H,4-6H2,1-3H3,(H,20,21)/t9-,13-/m1/s1. The van der Waals surface area contributed by atoms with Crippen LogP contribution in [0.4, 0.5) is 5.00 Å². The topological polar surface area (TPSA) is 55.4 Å². The highest BCUT2D eigenvalue weighted by atomic mass is 35.5. The Morgan fingerprint density at radius 2 is 2.04 bits per heavy atom. The summed E-state index contributed by atoms with van der Waals surface area (Å²) in [6.45, 7) is 4.01. The van der Waals surface area contributed by atoms with Crippen LogP contribution in [-0.2, 0) is 22.4 Å². The summed E-state index contributed by atoms with van der Waals surface area (Å²) >= 11 is 13.0. The number of rotatable bonds is 4. The number of allylic oxidation sites excluding steroid dienone is 1. The van der Waals surface area contributed by atoms with Gasteiger partial charge in [-0.2, -0.15) is 0 Å². The van der Waals surface area contributed by atoms with Crippen LogP contribution in [0.2, 0.25) is 0 Å². The highest BCUT2D eigenvalue weighted by Crippen LogP contribution is 2.60. The molecule has 1 N–H and O–H groups in total. The number of methoxy groups -OCH3 is 1. The first-order chi connectivity index (χ1) is 11.3. The lowest BCUT2D eigenvalue weighted by Crippen LogP contribution is -2.18. The molecule has 1 aromatic rings. The van der Waals surface area contributed by atoms with Crippen molar-refractivity contribution in [3.05, 3.63) is 26.6 Å². The molecule has 24 heavy (non-hydrogen) atoms. The Balaban J connectivity index is 1.84. The van der Waals surface area contributed by atoms with Gasteiger partial charge in [0.2, 0.25) is 5.91 Å². The molecule has 0 bridgehead atoms. The van der Waals surface area contributed by atoms with E-state index >= 15 is 0 Å². The molecule has 130 valence electrons. The SMILES string of the molecule is COC(=O)c1c(NC(=O)[C@H]2[C@@H](C=C(Cl)Cl)C2(C)C)sc2c1CCC2. The van der Waals surface area contributed by atoms with Crippen LogP contribution >= 0.6 is 34.5 Å². The smallest absolute Gasteiger partial charge is 0.341 e. The van der Waals surface area contributed by atoms with Gasteiger partial charge in [0, 0.05) is 4.88 Å². The van der Waals surface area contributed by atoms with Crippen molar-refractivity contribution in [1.29, 1.82) is 0 Å². The monoisotopic (exact) mass is 387 g/mol. The second-order valence-electron chi connectivity index (χ2n) is 6.82. The largest absolute Gasteiger partial charge is 0.465 e. The second-order valence-corrected chi connectivity index (χ2v) is 8.94. The number of hydrogen-bond donors (Lipinski definition) is 1. The minimum atomic E-state index is -0.389. The summed E-state index contributed by atoms with van der Waals surface area (Å²) < 4.78 is 5.08. The lowest BCUT2D eigenvalue weighted by Gasteiger charge is -2.07. The molecule has 0 aliphatic heterocycles. The number of hydrogen-bond acceptors (Lipinski definition) is 4. The maximum Gasteiger partial charge on any atom is 0.341 e. The quantitative estimate of drug-likeness (QED) is 0.770. The van der Waals surface area contributed by atoms with Gasteiger partial charge in [0.1, 0.15) is 9.49 Å². The van der Waals surface area contributed by atoms with E-state index in [9.17, 15) is 9.59 Å².